The molecule has 0 aliphatic rings. The molecule has 0 saturated carbocycles. The van der Waals surface area contributed by atoms with E-state index in [4.69, 9.17) is 17.3 Å². The van der Waals surface area contributed by atoms with Gasteiger partial charge < -0.3 is 15.6 Å². The molecule has 3 N–H and O–H groups in total. The van der Waals surface area contributed by atoms with E-state index in [1.807, 2.05) is 17.8 Å². The first kappa shape index (κ1) is 12.4. The molecule has 94 valence electrons. The van der Waals surface area contributed by atoms with Crippen LogP contribution in [0.5, 0.6) is 0 Å². The predicted octanol–water partition coefficient (Wildman–Crippen LogP) is 1.59. The van der Waals surface area contributed by atoms with Gasteiger partial charge in [-0.1, -0.05) is 11.6 Å². The van der Waals surface area contributed by atoms with Crippen molar-refractivity contribution in [1.29, 1.82) is 0 Å². The molecule has 6 heteroatoms. The minimum atomic E-state index is -0.266. The Morgan fingerprint density at radius 2 is 2.33 bits per heavy atom. The number of anilines is 1. The Morgan fingerprint density at radius 3 is 3.00 bits per heavy atom. The Hall–Kier alpha value is -2.01. The summed E-state index contributed by atoms with van der Waals surface area (Å²) >= 11 is 5.83. The van der Waals surface area contributed by atoms with Crippen LogP contribution in [-0.4, -0.2) is 15.5 Å². The van der Waals surface area contributed by atoms with Crippen LogP contribution in [0.1, 0.15) is 16.2 Å². The Kier molecular flexibility index (Phi) is 3.53. The van der Waals surface area contributed by atoms with Gasteiger partial charge in [0.15, 0.2) is 0 Å². The standard InChI is InChI=1S/C12H13ClN4O/c1-17-5-4-15-11(17)7-16-12(18)9-6-8(13)2-3-10(9)14/h2-6H,7,14H2,1H3,(H,16,18). The number of nitrogen functional groups attached to an aromatic ring is 1. The molecule has 1 aromatic heterocycles. The summed E-state index contributed by atoms with van der Waals surface area (Å²) in [6.45, 7) is 0.342. The Balaban J connectivity index is 2.08. The zero-order chi connectivity index (χ0) is 13.1. The number of benzene rings is 1. The van der Waals surface area contributed by atoms with Crippen molar-refractivity contribution in [3.63, 3.8) is 0 Å². The summed E-state index contributed by atoms with van der Waals surface area (Å²) in [5.41, 5.74) is 6.50. The van der Waals surface area contributed by atoms with Crippen LogP contribution in [0.25, 0.3) is 0 Å². The van der Waals surface area contributed by atoms with Crippen LogP contribution in [0.15, 0.2) is 30.6 Å². The second kappa shape index (κ2) is 5.10. The lowest BCUT2D eigenvalue weighted by atomic mass is 10.1. The summed E-state index contributed by atoms with van der Waals surface area (Å²) in [4.78, 5) is 16.0. The van der Waals surface area contributed by atoms with E-state index in [-0.39, 0.29) is 5.91 Å². The number of aryl methyl sites for hydroxylation is 1. The lowest BCUT2D eigenvalue weighted by molar-refractivity contribution is 0.0950. The normalized spacial score (nSPS) is 10.3. The third-order valence-corrected chi connectivity index (χ3v) is 2.82. The Bertz CT molecular complexity index is 579. The summed E-state index contributed by atoms with van der Waals surface area (Å²) in [6.07, 6.45) is 3.49. The molecular formula is C12H13ClN4O. The van der Waals surface area contributed by atoms with E-state index in [0.717, 1.165) is 5.82 Å². The van der Waals surface area contributed by atoms with Crippen LogP contribution in [0, 0.1) is 0 Å². The number of aromatic nitrogens is 2. The zero-order valence-corrected chi connectivity index (χ0v) is 10.6. The van der Waals surface area contributed by atoms with Gasteiger partial charge in [-0.2, -0.15) is 0 Å². The number of hydrogen-bond donors (Lipinski definition) is 2. The molecular weight excluding hydrogens is 252 g/mol. The molecule has 0 aliphatic heterocycles. The first-order chi connectivity index (χ1) is 8.58. The number of nitrogens with zero attached hydrogens (tertiary/aromatic N) is 2. The highest BCUT2D eigenvalue weighted by molar-refractivity contribution is 6.31. The van der Waals surface area contributed by atoms with Crippen molar-refractivity contribution >= 4 is 23.2 Å². The monoisotopic (exact) mass is 264 g/mol. The van der Waals surface area contributed by atoms with Crippen molar-refractivity contribution in [2.75, 3.05) is 5.73 Å². The second-order valence-corrected chi connectivity index (χ2v) is 4.31. The molecule has 2 aromatic rings. The highest BCUT2D eigenvalue weighted by Gasteiger charge is 2.10. The molecule has 5 nitrogen and oxygen atoms in total. The molecule has 0 saturated heterocycles. The molecule has 0 aliphatic carbocycles. The van der Waals surface area contributed by atoms with Crippen molar-refractivity contribution in [2.24, 2.45) is 7.05 Å². The third kappa shape index (κ3) is 2.62. The molecule has 0 fully saturated rings. The minimum Gasteiger partial charge on any atom is -0.398 e. The predicted molar refractivity (Wildman–Crippen MR) is 70.2 cm³/mol. The Labute approximate surface area is 110 Å². The van der Waals surface area contributed by atoms with Gasteiger partial charge in [-0.05, 0) is 18.2 Å². The molecule has 0 bridgehead atoms. The number of carbonyl (C=O) groups is 1. The van der Waals surface area contributed by atoms with Gasteiger partial charge in [0.25, 0.3) is 5.91 Å². The maximum atomic E-state index is 11.9. The Morgan fingerprint density at radius 1 is 1.56 bits per heavy atom. The average molecular weight is 265 g/mol. The van der Waals surface area contributed by atoms with Crippen LogP contribution in [-0.2, 0) is 13.6 Å². The summed E-state index contributed by atoms with van der Waals surface area (Å²) in [6, 6.07) is 4.80. The number of halogens is 1. The van der Waals surface area contributed by atoms with Crippen molar-refractivity contribution in [3.8, 4) is 0 Å². The molecule has 0 radical (unpaired) electrons. The van der Waals surface area contributed by atoms with E-state index in [2.05, 4.69) is 10.3 Å². The number of carbonyl (C=O) groups excluding carboxylic acids is 1. The van der Waals surface area contributed by atoms with Gasteiger partial charge in [-0.3, -0.25) is 4.79 Å². The van der Waals surface area contributed by atoms with Crippen LogP contribution < -0.4 is 11.1 Å². The lowest BCUT2D eigenvalue weighted by Crippen LogP contribution is -2.25. The third-order valence-electron chi connectivity index (χ3n) is 2.59. The molecule has 1 heterocycles. The average Bonchev–Trinajstić information content (AvgIpc) is 2.75. The maximum Gasteiger partial charge on any atom is 0.253 e. The summed E-state index contributed by atoms with van der Waals surface area (Å²) in [5.74, 6) is 0.502. The fraction of sp³-hybridized carbons (Fsp3) is 0.167. The number of nitrogens with two attached hydrogens (primary N) is 1. The van der Waals surface area contributed by atoms with Crippen molar-refractivity contribution in [3.05, 3.63) is 47.0 Å². The number of nitrogens with one attached hydrogen (secondary N) is 1. The maximum absolute atomic E-state index is 11.9. The SMILES string of the molecule is Cn1ccnc1CNC(=O)c1cc(Cl)ccc1N. The molecule has 0 spiro atoms. The quantitative estimate of drug-likeness (QED) is 0.827. The number of imidazole rings is 1. The fourth-order valence-corrected chi connectivity index (χ4v) is 1.72. The highest BCUT2D eigenvalue weighted by atomic mass is 35.5. The van der Waals surface area contributed by atoms with Crippen LogP contribution >= 0.6 is 11.6 Å². The van der Waals surface area contributed by atoms with Gasteiger partial charge in [-0.25, -0.2) is 4.98 Å². The summed E-state index contributed by atoms with van der Waals surface area (Å²) in [5, 5.41) is 3.23. The van der Waals surface area contributed by atoms with Crippen molar-refractivity contribution in [1.82, 2.24) is 14.9 Å². The molecule has 18 heavy (non-hydrogen) atoms. The van der Waals surface area contributed by atoms with Crippen LogP contribution in [0.4, 0.5) is 5.69 Å². The van der Waals surface area contributed by atoms with Gasteiger partial charge in [0, 0.05) is 30.2 Å². The van der Waals surface area contributed by atoms with Crippen LogP contribution in [0.2, 0.25) is 5.02 Å². The highest BCUT2D eigenvalue weighted by Crippen LogP contribution is 2.17. The zero-order valence-electron chi connectivity index (χ0n) is 9.85. The smallest absolute Gasteiger partial charge is 0.253 e. The lowest BCUT2D eigenvalue weighted by Gasteiger charge is -2.08. The van der Waals surface area contributed by atoms with Crippen molar-refractivity contribution in [2.45, 2.75) is 6.54 Å². The van der Waals surface area contributed by atoms with Gasteiger partial charge in [0.05, 0.1) is 12.1 Å². The fourth-order valence-electron chi connectivity index (χ4n) is 1.55. The number of hydrogen-bond acceptors (Lipinski definition) is 3. The van der Waals surface area contributed by atoms with E-state index in [0.29, 0.717) is 22.8 Å². The van der Waals surface area contributed by atoms with Crippen LogP contribution in [0.3, 0.4) is 0 Å². The topological polar surface area (TPSA) is 72.9 Å². The van der Waals surface area contributed by atoms with E-state index < -0.39 is 0 Å². The van der Waals surface area contributed by atoms with E-state index in [1.165, 1.54) is 0 Å². The van der Waals surface area contributed by atoms with E-state index in [1.54, 1.807) is 24.4 Å². The molecule has 0 atom stereocenters. The largest absolute Gasteiger partial charge is 0.398 e. The van der Waals surface area contributed by atoms with Gasteiger partial charge in [-0.15, -0.1) is 0 Å². The minimum absolute atomic E-state index is 0.266. The molecule has 0 unspecified atom stereocenters. The molecule has 1 amide bonds. The number of amides is 1. The van der Waals surface area contributed by atoms with E-state index in [9.17, 15) is 4.79 Å². The first-order valence-electron chi connectivity index (χ1n) is 5.37. The molecule has 2 rings (SSSR count). The summed E-state index contributed by atoms with van der Waals surface area (Å²) < 4.78 is 1.83. The second-order valence-electron chi connectivity index (χ2n) is 3.87. The number of rotatable bonds is 3. The van der Waals surface area contributed by atoms with Gasteiger partial charge >= 0.3 is 0 Å². The molecule has 1 aromatic carbocycles. The van der Waals surface area contributed by atoms with Gasteiger partial charge in [0.2, 0.25) is 0 Å². The van der Waals surface area contributed by atoms with Gasteiger partial charge in [0.1, 0.15) is 5.82 Å². The van der Waals surface area contributed by atoms with E-state index >= 15 is 0 Å². The first-order valence-corrected chi connectivity index (χ1v) is 5.75. The van der Waals surface area contributed by atoms with Crippen molar-refractivity contribution < 1.29 is 4.79 Å². The summed E-state index contributed by atoms with van der Waals surface area (Å²) in [7, 11) is 1.86.